The summed E-state index contributed by atoms with van der Waals surface area (Å²) in [7, 11) is 0. The fraction of sp³-hybridized carbons (Fsp3) is 0.650. The van der Waals surface area contributed by atoms with E-state index in [0.29, 0.717) is 12.2 Å². The van der Waals surface area contributed by atoms with Gasteiger partial charge in [-0.15, -0.1) is 0 Å². The van der Waals surface area contributed by atoms with Crippen LogP contribution in [0.3, 0.4) is 0 Å². The molecule has 1 aromatic rings. The van der Waals surface area contributed by atoms with Gasteiger partial charge >= 0.3 is 0 Å². The SMILES string of the molecule is CCCCC1CCC(CCCOc2ccc(C#N)cc2F)CC1. The third kappa shape index (κ3) is 5.86. The highest BCUT2D eigenvalue weighted by atomic mass is 19.1. The molecule has 2 nitrogen and oxygen atoms in total. The van der Waals surface area contributed by atoms with E-state index < -0.39 is 5.82 Å². The predicted molar refractivity (Wildman–Crippen MR) is 90.8 cm³/mol. The lowest BCUT2D eigenvalue weighted by atomic mass is 9.78. The van der Waals surface area contributed by atoms with E-state index in [-0.39, 0.29) is 5.75 Å². The van der Waals surface area contributed by atoms with Crippen molar-refractivity contribution in [3.8, 4) is 11.8 Å². The molecule has 0 aromatic heterocycles. The van der Waals surface area contributed by atoms with E-state index in [9.17, 15) is 4.39 Å². The van der Waals surface area contributed by atoms with Gasteiger partial charge in [0, 0.05) is 0 Å². The monoisotopic (exact) mass is 317 g/mol. The lowest BCUT2D eigenvalue weighted by Crippen LogP contribution is -2.15. The normalized spacial score (nSPS) is 20.9. The molecule has 126 valence electrons. The summed E-state index contributed by atoms with van der Waals surface area (Å²) in [6.45, 7) is 2.82. The second-order valence-electron chi connectivity index (χ2n) is 6.78. The summed E-state index contributed by atoms with van der Waals surface area (Å²) in [6, 6.07) is 6.30. The number of ether oxygens (including phenoxy) is 1. The summed E-state index contributed by atoms with van der Waals surface area (Å²) >= 11 is 0. The zero-order valence-corrected chi connectivity index (χ0v) is 14.2. The van der Waals surface area contributed by atoms with E-state index in [1.165, 1.54) is 57.4 Å². The van der Waals surface area contributed by atoms with Crippen LogP contribution in [0.5, 0.6) is 5.75 Å². The smallest absolute Gasteiger partial charge is 0.166 e. The fourth-order valence-electron chi connectivity index (χ4n) is 3.54. The molecule has 0 aliphatic heterocycles. The number of hydrogen-bond acceptors (Lipinski definition) is 2. The number of nitrogens with zero attached hydrogens (tertiary/aromatic N) is 1. The van der Waals surface area contributed by atoms with E-state index >= 15 is 0 Å². The molecule has 1 aliphatic carbocycles. The van der Waals surface area contributed by atoms with Crippen LogP contribution < -0.4 is 4.74 Å². The molecule has 0 N–H and O–H groups in total. The summed E-state index contributed by atoms with van der Waals surface area (Å²) < 4.78 is 19.2. The quantitative estimate of drug-likeness (QED) is 0.563. The number of nitriles is 1. The van der Waals surface area contributed by atoms with Crippen molar-refractivity contribution in [2.24, 2.45) is 11.8 Å². The van der Waals surface area contributed by atoms with Crippen LogP contribution in [-0.4, -0.2) is 6.61 Å². The molecule has 0 atom stereocenters. The van der Waals surface area contributed by atoms with Crippen molar-refractivity contribution in [2.75, 3.05) is 6.61 Å². The van der Waals surface area contributed by atoms with Gasteiger partial charge < -0.3 is 4.74 Å². The highest BCUT2D eigenvalue weighted by Gasteiger charge is 2.20. The lowest BCUT2D eigenvalue weighted by molar-refractivity contribution is 0.226. The molecule has 0 bridgehead atoms. The first-order valence-corrected chi connectivity index (χ1v) is 9.05. The average Bonchev–Trinajstić information content (AvgIpc) is 2.59. The van der Waals surface area contributed by atoms with Crippen molar-refractivity contribution < 1.29 is 9.13 Å². The maximum atomic E-state index is 13.7. The first kappa shape index (κ1) is 17.8. The Hall–Kier alpha value is -1.56. The van der Waals surface area contributed by atoms with Crippen LogP contribution >= 0.6 is 0 Å². The molecular formula is C20H28FNO. The number of rotatable bonds is 8. The van der Waals surface area contributed by atoms with Gasteiger partial charge in [0.25, 0.3) is 0 Å². The number of unbranched alkanes of at least 4 members (excludes halogenated alkanes) is 1. The molecule has 0 spiro atoms. The molecule has 3 heteroatoms. The lowest BCUT2D eigenvalue weighted by Gasteiger charge is -2.28. The second-order valence-corrected chi connectivity index (χ2v) is 6.78. The summed E-state index contributed by atoms with van der Waals surface area (Å²) in [4.78, 5) is 0. The number of benzene rings is 1. The Morgan fingerprint density at radius 2 is 1.78 bits per heavy atom. The Morgan fingerprint density at radius 1 is 1.13 bits per heavy atom. The maximum absolute atomic E-state index is 13.7. The molecule has 0 amide bonds. The minimum absolute atomic E-state index is 0.257. The first-order chi connectivity index (χ1) is 11.2. The van der Waals surface area contributed by atoms with Gasteiger partial charge in [0.2, 0.25) is 0 Å². The van der Waals surface area contributed by atoms with Gasteiger partial charge in [-0.25, -0.2) is 4.39 Å². The van der Waals surface area contributed by atoms with Gasteiger partial charge in [-0.05, 0) is 42.9 Å². The van der Waals surface area contributed by atoms with Gasteiger partial charge in [0.1, 0.15) is 0 Å². The standard InChI is InChI=1S/C20H28FNO/c1-2-3-5-16-7-9-17(10-8-16)6-4-13-23-20-12-11-18(15-22)14-19(20)21/h11-12,14,16-17H,2-10,13H2,1H3. The molecule has 0 radical (unpaired) electrons. The molecule has 0 unspecified atom stereocenters. The molecule has 0 heterocycles. The molecule has 1 fully saturated rings. The van der Waals surface area contributed by atoms with Crippen LogP contribution in [0.1, 0.15) is 70.3 Å². The Bertz CT molecular complexity index is 515. The second kappa shape index (κ2) is 9.55. The van der Waals surface area contributed by atoms with Crippen molar-refractivity contribution in [1.82, 2.24) is 0 Å². The number of hydrogen-bond donors (Lipinski definition) is 0. The Morgan fingerprint density at radius 3 is 2.35 bits per heavy atom. The average molecular weight is 317 g/mol. The highest BCUT2D eigenvalue weighted by molar-refractivity contribution is 5.35. The summed E-state index contributed by atoms with van der Waals surface area (Å²) in [5, 5.41) is 8.72. The third-order valence-electron chi connectivity index (χ3n) is 5.01. The zero-order valence-electron chi connectivity index (χ0n) is 14.2. The van der Waals surface area contributed by atoms with E-state index in [0.717, 1.165) is 18.3 Å². The van der Waals surface area contributed by atoms with E-state index in [2.05, 4.69) is 6.92 Å². The van der Waals surface area contributed by atoms with Crippen molar-refractivity contribution in [2.45, 2.75) is 64.7 Å². The van der Waals surface area contributed by atoms with Crippen molar-refractivity contribution in [3.05, 3.63) is 29.6 Å². The molecule has 2 rings (SSSR count). The summed E-state index contributed by atoms with van der Waals surface area (Å²) in [6.07, 6.45) is 11.7. The van der Waals surface area contributed by atoms with Crippen LogP contribution in [0.4, 0.5) is 4.39 Å². The zero-order chi connectivity index (χ0) is 16.5. The fourth-order valence-corrected chi connectivity index (χ4v) is 3.54. The Kier molecular flexibility index (Phi) is 7.39. The molecule has 1 saturated carbocycles. The highest BCUT2D eigenvalue weighted by Crippen LogP contribution is 2.34. The van der Waals surface area contributed by atoms with Crippen molar-refractivity contribution in [3.63, 3.8) is 0 Å². The van der Waals surface area contributed by atoms with Crippen LogP contribution in [0.2, 0.25) is 0 Å². The molecule has 1 aliphatic rings. The summed E-state index contributed by atoms with van der Waals surface area (Å²) in [5.41, 5.74) is 0.328. The predicted octanol–water partition coefficient (Wildman–Crippen LogP) is 5.85. The summed E-state index contributed by atoms with van der Waals surface area (Å²) in [5.74, 6) is 1.59. The van der Waals surface area contributed by atoms with Gasteiger partial charge in [0.15, 0.2) is 11.6 Å². The van der Waals surface area contributed by atoms with Crippen LogP contribution in [0, 0.1) is 29.0 Å². The molecular weight excluding hydrogens is 289 g/mol. The molecule has 0 saturated heterocycles. The topological polar surface area (TPSA) is 33.0 Å². The number of halogens is 1. The van der Waals surface area contributed by atoms with Gasteiger partial charge in [0.05, 0.1) is 18.2 Å². The van der Waals surface area contributed by atoms with Crippen LogP contribution in [-0.2, 0) is 0 Å². The third-order valence-corrected chi connectivity index (χ3v) is 5.01. The molecule has 1 aromatic carbocycles. The van der Waals surface area contributed by atoms with Gasteiger partial charge in [-0.2, -0.15) is 5.26 Å². The van der Waals surface area contributed by atoms with Crippen molar-refractivity contribution >= 4 is 0 Å². The first-order valence-electron chi connectivity index (χ1n) is 9.05. The van der Waals surface area contributed by atoms with E-state index in [4.69, 9.17) is 10.00 Å². The minimum atomic E-state index is -0.444. The van der Waals surface area contributed by atoms with Crippen LogP contribution in [0.15, 0.2) is 18.2 Å². The Labute approximate surface area is 139 Å². The van der Waals surface area contributed by atoms with E-state index in [1.807, 2.05) is 6.07 Å². The minimum Gasteiger partial charge on any atom is -0.491 e. The van der Waals surface area contributed by atoms with Gasteiger partial charge in [-0.1, -0.05) is 51.9 Å². The van der Waals surface area contributed by atoms with Gasteiger partial charge in [-0.3, -0.25) is 0 Å². The van der Waals surface area contributed by atoms with E-state index in [1.54, 1.807) is 12.1 Å². The Balaban J connectivity index is 1.62. The van der Waals surface area contributed by atoms with Crippen LogP contribution in [0.25, 0.3) is 0 Å². The largest absolute Gasteiger partial charge is 0.491 e. The van der Waals surface area contributed by atoms with Crippen molar-refractivity contribution in [1.29, 1.82) is 5.26 Å². The maximum Gasteiger partial charge on any atom is 0.166 e. The molecule has 23 heavy (non-hydrogen) atoms.